The molecule has 0 atom stereocenters. The van der Waals surface area contributed by atoms with Gasteiger partial charge in [-0.1, -0.05) is 6.07 Å². The van der Waals surface area contributed by atoms with Crippen LogP contribution in [0.5, 0.6) is 0 Å². The van der Waals surface area contributed by atoms with Gasteiger partial charge >= 0.3 is 5.97 Å². The van der Waals surface area contributed by atoms with E-state index in [1.165, 1.54) is 0 Å². The van der Waals surface area contributed by atoms with Crippen LogP contribution < -0.4 is 10.6 Å². The van der Waals surface area contributed by atoms with Crippen molar-refractivity contribution in [2.24, 2.45) is 0 Å². The number of fused-ring (bicyclic) bond motifs is 1. The van der Waals surface area contributed by atoms with Crippen LogP contribution in [0.1, 0.15) is 21.7 Å². The van der Waals surface area contributed by atoms with Gasteiger partial charge in [0.25, 0.3) is 5.91 Å². The zero-order valence-electron chi connectivity index (χ0n) is 13.2. The molecule has 130 valence electrons. The van der Waals surface area contributed by atoms with E-state index in [4.69, 9.17) is 4.74 Å². The number of anilines is 1. The second-order valence-electron chi connectivity index (χ2n) is 5.29. The average Bonchev–Trinajstić information content (AvgIpc) is 3.05. The van der Waals surface area contributed by atoms with Crippen molar-refractivity contribution in [2.45, 2.75) is 17.9 Å². The first kappa shape index (κ1) is 17.5. The van der Waals surface area contributed by atoms with E-state index in [-0.39, 0.29) is 18.4 Å². The monoisotopic (exact) mass is 376 g/mol. The van der Waals surface area contributed by atoms with Crippen molar-refractivity contribution in [3.05, 3.63) is 46.2 Å². The molecule has 2 heterocycles. The first-order valence-electron chi connectivity index (χ1n) is 7.65. The quantitative estimate of drug-likeness (QED) is 0.784. The van der Waals surface area contributed by atoms with Crippen molar-refractivity contribution in [2.75, 3.05) is 17.7 Å². The van der Waals surface area contributed by atoms with Gasteiger partial charge in [-0.05, 0) is 29.6 Å². The van der Waals surface area contributed by atoms with Crippen molar-refractivity contribution in [1.82, 2.24) is 5.32 Å². The summed E-state index contributed by atoms with van der Waals surface area (Å²) in [4.78, 5) is 37.4. The van der Waals surface area contributed by atoms with E-state index >= 15 is 0 Å². The number of amides is 2. The Bertz CT molecular complexity index is 790. The highest BCUT2D eigenvalue weighted by atomic mass is 32.2. The van der Waals surface area contributed by atoms with E-state index in [1.807, 2.05) is 17.5 Å². The standard InChI is InChI=1S/C17H16N2O4S2/c20-15-5-7-25-14-4-3-11(8-13(14)19-15)17(22)23-10-16(21)18-9-12-2-1-6-24-12/h1-4,6,8H,5,7,9-10H2,(H,18,21)(H,19,20). The van der Waals surface area contributed by atoms with Crippen LogP contribution in [0.4, 0.5) is 5.69 Å². The van der Waals surface area contributed by atoms with E-state index in [2.05, 4.69) is 10.6 Å². The average molecular weight is 376 g/mol. The summed E-state index contributed by atoms with van der Waals surface area (Å²) >= 11 is 3.10. The molecule has 0 fully saturated rings. The second-order valence-corrected chi connectivity index (χ2v) is 7.46. The molecule has 2 amide bonds. The zero-order chi connectivity index (χ0) is 17.6. The molecule has 0 unspecified atom stereocenters. The number of carbonyl (C=O) groups is 3. The molecule has 0 spiro atoms. The van der Waals surface area contributed by atoms with E-state index in [9.17, 15) is 14.4 Å². The molecule has 0 bridgehead atoms. The Hall–Kier alpha value is -2.32. The van der Waals surface area contributed by atoms with E-state index in [0.717, 1.165) is 9.77 Å². The summed E-state index contributed by atoms with van der Waals surface area (Å²) in [5, 5.41) is 7.39. The van der Waals surface area contributed by atoms with Crippen LogP contribution in [0.15, 0.2) is 40.6 Å². The Balaban J connectivity index is 1.54. The Morgan fingerprint density at radius 2 is 2.16 bits per heavy atom. The molecule has 1 aromatic carbocycles. The summed E-state index contributed by atoms with van der Waals surface area (Å²) in [5.41, 5.74) is 0.900. The number of rotatable bonds is 5. The summed E-state index contributed by atoms with van der Waals surface area (Å²) in [7, 11) is 0. The molecule has 1 aromatic heterocycles. The third kappa shape index (κ3) is 4.83. The van der Waals surface area contributed by atoms with Crippen LogP contribution in [0, 0.1) is 0 Å². The van der Waals surface area contributed by atoms with Gasteiger partial charge in [0, 0.05) is 21.9 Å². The minimum atomic E-state index is -0.599. The number of benzene rings is 1. The van der Waals surface area contributed by atoms with Gasteiger partial charge in [-0.15, -0.1) is 23.1 Å². The summed E-state index contributed by atoms with van der Waals surface area (Å²) in [6, 6.07) is 8.81. The number of carbonyl (C=O) groups excluding carboxylic acids is 3. The number of thioether (sulfide) groups is 1. The Morgan fingerprint density at radius 3 is 2.96 bits per heavy atom. The first-order chi connectivity index (χ1) is 12.1. The predicted molar refractivity (Wildman–Crippen MR) is 96.9 cm³/mol. The molecule has 2 N–H and O–H groups in total. The summed E-state index contributed by atoms with van der Waals surface area (Å²) in [5.74, 6) is -0.338. The van der Waals surface area contributed by atoms with Crippen LogP contribution in [-0.4, -0.2) is 30.1 Å². The maximum absolute atomic E-state index is 12.1. The molecule has 6 nitrogen and oxygen atoms in total. The Morgan fingerprint density at radius 1 is 1.28 bits per heavy atom. The topological polar surface area (TPSA) is 84.5 Å². The van der Waals surface area contributed by atoms with Gasteiger partial charge < -0.3 is 15.4 Å². The number of hydrogen-bond acceptors (Lipinski definition) is 6. The van der Waals surface area contributed by atoms with Crippen molar-refractivity contribution in [1.29, 1.82) is 0 Å². The van der Waals surface area contributed by atoms with Crippen molar-refractivity contribution < 1.29 is 19.1 Å². The maximum Gasteiger partial charge on any atom is 0.338 e. The molecule has 1 aliphatic rings. The number of nitrogens with one attached hydrogen (secondary N) is 2. The molecule has 0 radical (unpaired) electrons. The van der Waals surface area contributed by atoms with Gasteiger partial charge in [0.05, 0.1) is 17.8 Å². The lowest BCUT2D eigenvalue weighted by molar-refractivity contribution is -0.124. The highest BCUT2D eigenvalue weighted by Gasteiger charge is 2.17. The number of ether oxygens (including phenoxy) is 1. The van der Waals surface area contributed by atoms with Gasteiger partial charge in [-0.3, -0.25) is 9.59 Å². The van der Waals surface area contributed by atoms with Crippen LogP contribution >= 0.6 is 23.1 Å². The third-order valence-corrected chi connectivity index (χ3v) is 5.40. The fourth-order valence-electron chi connectivity index (χ4n) is 2.21. The van der Waals surface area contributed by atoms with Crippen molar-refractivity contribution >= 4 is 46.6 Å². The largest absolute Gasteiger partial charge is 0.452 e. The summed E-state index contributed by atoms with van der Waals surface area (Å²) in [6.45, 7) is 0.0680. The molecule has 8 heteroatoms. The zero-order valence-corrected chi connectivity index (χ0v) is 14.9. The van der Waals surface area contributed by atoms with Crippen LogP contribution in [0.2, 0.25) is 0 Å². The molecular weight excluding hydrogens is 360 g/mol. The first-order valence-corrected chi connectivity index (χ1v) is 9.51. The van der Waals surface area contributed by atoms with E-state index < -0.39 is 5.97 Å². The van der Waals surface area contributed by atoms with Gasteiger partial charge in [0.15, 0.2) is 6.61 Å². The minimum Gasteiger partial charge on any atom is -0.452 e. The highest BCUT2D eigenvalue weighted by molar-refractivity contribution is 7.99. The van der Waals surface area contributed by atoms with Crippen LogP contribution in [0.3, 0.4) is 0 Å². The molecule has 3 rings (SSSR count). The van der Waals surface area contributed by atoms with Crippen molar-refractivity contribution in [3.63, 3.8) is 0 Å². The normalized spacial score (nSPS) is 13.4. The van der Waals surface area contributed by atoms with Crippen LogP contribution in [-0.2, 0) is 20.9 Å². The SMILES string of the molecule is O=C(COC(=O)c1ccc2c(c1)NC(=O)CCS2)NCc1cccs1. The van der Waals surface area contributed by atoms with Gasteiger partial charge in [0.1, 0.15) is 0 Å². The van der Waals surface area contributed by atoms with Gasteiger partial charge in [0.2, 0.25) is 5.91 Å². The molecule has 25 heavy (non-hydrogen) atoms. The van der Waals surface area contributed by atoms with E-state index in [1.54, 1.807) is 41.3 Å². The Kier molecular flexibility index (Phi) is 5.72. The van der Waals surface area contributed by atoms with Gasteiger partial charge in [-0.25, -0.2) is 4.79 Å². The maximum atomic E-state index is 12.1. The molecule has 0 aliphatic carbocycles. The lowest BCUT2D eigenvalue weighted by atomic mass is 10.2. The molecule has 0 saturated heterocycles. The van der Waals surface area contributed by atoms with Gasteiger partial charge in [-0.2, -0.15) is 0 Å². The second kappa shape index (κ2) is 8.17. The molecule has 1 aliphatic heterocycles. The summed E-state index contributed by atoms with van der Waals surface area (Å²) < 4.78 is 5.04. The number of hydrogen-bond donors (Lipinski definition) is 2. The predicted octanol–water partition coefficient (Wildman–Crippen LogP) is 2.66. The molecular formula is C17H16N2O4S2. The number of esters is 1. The smallest absolute Gasteiger partial charge is 0.338 e. The van der Waals surface area contributed by atoms with E-state index in [0.29, 0.717) is 30.0 Å². The fourth-order valence-corrected chi connectivity index (χ4v) is 3.79. The Labute approximate surface area is 152 Å². The molecule has 0 saturated carbocycles. The minimum absolute atomic E-state index is 0.0790. The fraction of sp³-hybridized carbons (Fsp3) is 0.235. The lowest BCUT2D eigenvalue weighted by Gasteiger charge is -2.09. The summed E-state index contributed by atoms with van der Waals surface area (Å²) in [6.07, 6.45) is 0.434. The molecule has 2 aromatic rings. The third-order valence-electron chi connectivity index (χ3n) is 3.45. The lowest BCUT2D eigenvalue weighted by Crippen LogP contribution is -2.28. The highest BCUT2D eigenvalue weighted by Crippen LogP contribution is 2.31. The van der Waals surface area contributed by atoms with Crippen LogP contribution in [0.25, 0.3) is 0 Å². The number of thiophene rings is 1. The van der Waals surface area contributed by atoms with Crippen molar-refractivity contribution in [3.8, 4) is 0 Å².